The smallest absolute Gasteiger partial charge is 0.188 e. The highest BCUT2D eigenvalue weighted by Crippen LogP contribution is 2.10. The molecule has 86 valence electrons. The van der Waals surface area contributed by atoms with Gasteiger partial charge in [-0.1, -0.05) is 51.9 Å². The van der Waals surface area contributed by atoms with Gasteiger partial charge < -0.3 is 5.11 Å². The van der Waals surface area contributed by atoms with Crippen molar-refractivity contribution in [1.82, 2.24) is 0 Å². The van der Waals surface area contributed by atoms with Crippen molar-refractivity contribution in [3.63, 3.8) is 0 Å². The summed E-state index contributed by atoms with van der Waals surface area (Å²) in [5.74, 6) is 0. The van der Waals surface area contributed by atoms with Crippen molar-refractivity contribution in [2.45, 2.75) is 71.0 Å². The third kappa shape index (κ3) is 9.96. The Hall–Kier alpha value is -0.120. The monoisotopic (exact) mass is 204 g/mol. The number of unbranched alkanes of at least 4 members (excludes halogenated alkanes) is 7. The van der Waals surface area contributed by atoms with E-state index in [4.69, 9.17) is 10.4 Å². The van der Waals surface area contributed by atoms with Crippen LogP contribution >= 0.6 is 0 Å². The van der Waals surface area contributed by atoms with Gasteiger partial charge in [0.2, 0.25) is 0 Å². The van der Waals surface area contributed by atoms with Crippen molar-refractivity contribution >= 4 is 0 Å². The summed E-state index contributed by atoms with van der Waals surface area (Å²) in [4.78, 5) is 3.77. The first kappa shape index (κ1) is 13.9. The number of aliphatic hydroxyl groups excluding tert-OH is 1. The predicted molar refractivity (Wildman–Crippen MR) is 56.9 cm³/mol. The minimum Gasteiger partial charge on any atom is -0.366 e. The summed E-state index contributed by atoms with van der Waals surface area (Å²) in [6.45, 7) is 2.22. The highest BCUT2D eigenvalue weighted by atomic mass is 17.1. The molecular weight excluding hydrogens is 180 g/mol. The average Bonchev–Trinajstić information content (AvgIpc) is 2.21. The molecule has 2 N–H and O–H groups in total. The van der Waals surface area contributed by atoms with E-state index in [0.717, 1.165) is 12.8 Å². The Bertz CT molecular complexity index is 107. The summed E-state index contributed by atoms with van der Waals surface area (Å²) in [7, 11) is 0. The van der Waals surface area contributed by atoms with Crippen molar-refractivity contribution in [3.05, 3.63) is 0 Å². The maximum absolute atomic E-state index is 8.86. The molecule has 1 atom stereocenters. The normalized spacial score (nSPS) is 13.1. The molecule has 0 aromatic heterocycles. The fraction of sp³-hybridized carbons (Fsp3) is 1.00. The van der Waals surface area contributed by atoms with Crippen LogP contribution in [0.4, 0.5) is 0 Å². The van der Waals surface area contributed by atoms with Gasteiger partial charge in [-0.2, -0.15) is 0 Å². The van der Waals surface area contributed by atoms with Gasteiger partial charge in [-0.3, -0.25) is 0 Å². The van der Waals surface area contributed by atoms with E-state index in [1.165, 1.54) is 38.5 Å². The van der Waals surface area contributed by atoms with Gasteiger partial charge in [0, 0.05) is 6.42 Å². The molecule has 0 saturated heterocycles. The van der Waals surface area contributed by atoms with Gasteiger partial charge in [0.15, 0.2) is 6.29 Å². The molecule has 1 unspecified atom stereocenters. The maximum Gasteiger partial charge on any atom is 0.188 e. The SMILES string of the molecule is CCCCCCCCCCC(O)OO. The largest absolute Gasteiger partial charge is 0.366 e. The second-order valence-corrected chi connectivity index (χ2v) is 3.82. The molecule has 3 heteroatoms. The molecule has 0 aromatic rings. The lowest BCUT2D eigenvalue weighted by Crippen LogP contribution is -2.08. The molecule has 0 heterocycles. The third-order valence-corrected chi connectivity index (χ3v) is 2.43. The Morgan fingerprint density at radius 1 is 0.929 bits per heavy atom. The Labute approximate surface area is 87.0 Å². The second kappa shape index (κ2) is 11.0. The van der Waals surface area contributed by atoms with Crippen LogP contribution in [0.15, 0.2) is 0 Å². The van der Waals surface area contributed by atoms with Crippen LogP contribution in [0.1, 0.15) is 64.7 Å². The lowest BCUT2D eigenvalue weighted by atomic mass is 10.1. The van der Waals surface area contributed by atoms with Crippen LogP contribution < -0.4 is 0 Å². The summed E-state index contributed by atoms with van der Waals surface area (Å²) in [6, 6.07) is 0. The van der Waals surface area contributed by atoms with E-state index >= 15 is 0 Å². The first-order chi connectivity index (χ1) is 6.81. The van der Waals surface area contributed by atoms with E-state index < -0.39 is 6.29 Å². The number of hydrogen-bond acceptors (Lipinski definition) is 3. The van der Waals surface area contributed by atoms with Crippen LogP contribution in [0.25, 0.3) is 0 Å². The molecule has 0 spiro atoms. The van der Waals surface area contributed by atoms with Gasteiger partial charge in [0.1, 0.15) is 0 Å². The third-order valence-electron chi connectivity index (χ3n) is 2.43. The molecule has 0 aromatic carbocycles. The molecule has 0 amide bonds. The molecule has 0 rings (SSSR count). The van der Waals surface area contributed by atoms with Crippen LogP contribution in [0.2, 0.25) is 0 Å². The lowest BCUT2D eigenvalue weighted by Gasteiger charge is -2.05. The maximum atomic E-state index is 8.86. The molecule has 3 nitrogen and oxygen atoms in total. The first-order valence-electron chi connectivity index (χ1n) is 5.79. The molecule has 0 saturated carbocycles. The number of rotatable bonds is 10. The molecule has 0 fully saturated rings. The Morgan fingerprint density at radius 3 is 1.93 bits per heavy atom. The zero-order valence-electron chi connectivity index (χ0n) is 9.24. The fourth-order valence-electron chi connectivity index (χ4n) is 1.51. The average molecular weight is 204 g/mol. The van der Waals surface area contributed by atoms with Crippen molar-refractivity contribution < 1.29 is 15.3 Å². The summed E-state index contributed by atoms with van der Waals surface area (Å²) in [5.41, 5.74) is 0. The van der Waals surface area contributed by atoms with Crippen molar-refractivity contribution in [1.29, 1.82) is 0 Å². The molecule has 14 heavy (non-hydrogen) atoms. The van der Waals surface area contributed by atoms with Gasteiger partial charge in [-0.15, -0.1) is 0 Å². The van der Waals surface area contributed by atoms with Gasteiger partial charge in [-0.05, 0) is 6.42 Å². The fourth-order valence-corrected chi connectivity index (χ4v) is 1.51. The zero-order valence-corrected chi connectivity index (χ0v) is 9.24. The topological polar surface area (TPSA) is 49.7 Å². The summed E-state index contributed by atoms with van der Waals surface area (Å²) >= 11 is 0. The molecule has 0 aliphatic rings. The molecule has 0 aliphatic heterocycles. The van der Waals surface area contributed by atoms with Crippen LogP contribution in [-0.4, -0.2) is 16.7 Å². The van der Waals surface area contributed by atoms with Crippen LogP contribution in [0, 0.1) is 0 Å². The van der Waals surface area contributed by atoms with E-state index in [2.05, 4.69) is 11.8 Å². The molecule has 0 bridgehead atoms. The zero-order chi connectivity index (χ0) is 10.6. The standard InChI is InChI=1S/C11H24O3/c1-2-3-4-5-6-7-8-9-10-11(12)14-13/h11-13H,2-10H2,1H3. The Morgan fingerprint density at radius 2 is 1.43 bits per heavy atom. The van der Waals surface area contributed by atoms with Gasteiger partial charge in [-0.25, -0.2) is 10.1 Å². The van der Waals surface area contributed by atoms with Crippen LogP contribution in [-0.2, 0) is 4.89 Å². The summed E-state index contributed by atoms with van der Waals surface area (Å²) < 4.78 is 0. The summed E-state index contributed by atoms with van der Waals surface area (Å²) in [5, 5.41) is 16.9. The minimum absolute atomic E-state index is 0.533. The Balaban J connectivity index is 2.92. The van der Waals surface area contributed by atoms with E-state index in [9.17, 15) is 0 Å². The number of aliphatic hydroxyl groups is 1. The van der Waals surface area contributed by atoms with E-state index in [-0.39, 0.29) is 0 Å². The first-order valence-corrected chi connectivity index (χ1v) is 5.79. The molecular formula is C11H24O3. The second-order valence-electron chi connectivity index (χ2n) is 3.82. The van der Waals surface area contributed by atoms with Crippen LogP contribution in [0.3, 0.4) is 0 Å². The lowest BCUT2D eigenvalue weighted by molar-refractivity contribution is -0.335. The highest BCUT2D eigenvalue weighted by molar-refractivity contribution is 4.47. The molecule has 0 aliphatic carbocycles. The van der Waals surface area contributed by atoms with Gasteiger partial charge in [0.05, 0.1) is 0 Å². The Kier molecular flexibility index (Phi) is 10.9. The van der Waals surface area contributed by atoms with Gasteiger partial charge in [0.25, 0.3) is 0 Å². The molecule has 0 radical (unpaired) electrons. The highest BCUT2D eigenvalue weighted by Gasteiger charge is 2.01. The van der Waals surface area contributed by atoms with E-state index in [0.29, 0.717) is 6.42 Å². The minimum atomic E-state index is -0.991. The quantitative estimate of drug-likeness (QED) is 0.248. The van der Waals surface area contributed by atoms with Crippen LogP contribution in [0.5, 0.6) is 0 Å². The van der Waals surface area contributed by atoms with E-state index in [1.54, 1.807) is 0 Å². The van der Waals surface area contributed by atoms with E-state index in [1.807, 2.05) is 0 Å². The van der Waals surface area contributed by atoms with Crippen molar-refractivity contribution in [2.75, 3.05) is 0 Å². The number of hydrogen-bond donors (Lipinski definition) is 2. The predicted octanol–water partition coefficient (Wildman–Crippen LogP) is 3.33. The summed E-state index contributed by atoms with van der Waals surface area (Å²) in [6.07, 6.45) is 9.41. The van der Waals surface area contributed by atoms with Crippen molar-refractivity contribution in [3.8, 4) is 0 Å². The van der Waals surface area contributed by atoms with Gasteiger partial charge >= 0.3 is 0 Å². The van der Waals surface area contributed by atoms with Crippen molar-refractivity contribution in [2.24, 2.45) is 0 Å².